The molecule has 1 radical (unpaired) electrons. The van der Waals surface area contributed by atoms with Crippen LogP contribution in [0.4, 0.5) is 9.59 Å². The number of hydrogen-bond donors (Lipinski definition) is 6. The van der Waals surface area contributed by atoms with E-state index in [1.165, 1.54) is 12.2 Å². The van der Waals surface area contributed by atoms with Crippen LogP contribution in [0.2, 0.25) is 0 Å². The molecular formula is C18H32CuN4O10. The molecule has 15 heteroatoms. The van der Waals surface area contributed by atoms with E-state index < -0.39 is 36.2 Å². The van der Waals surface area contributed by atoms with Gasteiger partial charge in [0.2, 0.25) is 0 Å². The molecule has 14 nitrogen and oxygen atoms in total. The topological polar surface area (TPSA) is 222 Å². The van der Waals surface area contributed by atoms with Gasteiger partial charge in [-0.25, -0.2) is 9.59 Å². The summed E-state index contributed by atoms with van der Waals surface area (Å²) in [7, 11) is 0. The van der Waals surface area contributed by atoms with E-state index in [4.69, 9.17) is 31.2 Å². The van der Waals surface area contributed by atoms with Crippen LogP contribution >= 0.6 is 0 Å². The average molecular weight is 528 g/mol. The van der Waals surface area contributed by atoms with E-state index >= 15 is 0 Å². The molecular weight excluding hydrogens is 496 g/mol. The number of nitrogens with one attached hydrogen (secondary N) is 2. The average Bonchev–Trinajstić information content (AvgIpc) is 2.75. The molecule has 0 aliphatic carbocycles. The van der Waals surface area contributed by atoms with Crippen molar-refractivity contribution in [3.63, 3.8) is 0 Å². The van der Waals surface area contributed by atoms with Gasteiger partial charge in [-0.3, -0.25) is 9.59 Å². The number of amides is 2. The van der Waals surface area contributed by atoms with Crippen molar-refractivity contribution in [1.29, 1.82) is 0 Å². The fraction of sp³-hybridized carbons (Fsp3) is 0.556. The van der Waals surface area contributed by atoms with E-state index in [2.05, 4.69) is 33.3 Å². The molecule has 0 unspecified atom stereocenters. The van der Waals surface area contributed by atoms with E-state index in [-0.39, 0.29) is 69.8 Å². The molecule has 8 N–H and O–H groups in total. The number of carboxylic acids is 2. The van der Waals surface area contributed by atoms with Crippen LogP contribution < -0.4 is 22.1 Å². The Morgan fingerprint density at radius 1 is 0.788 bits per heavy atom. The number of carbonyl (C=O) groups excluding carboxylic acids is 2. The number of carboxylic acid groups (broad SMARTS) is 2. The van der Waals surface area contributed by atoms with E-state index in [0.29, 0.717) is 0 Å². The molecule has 2 atom stereocenters. The van der Waals surface area contributed by atoms with Crippen molar-refractivity contribution in [3.8, 4) is 0 Å². The van der Waals surface area contributed by atoms with E-state index in [0.717, 1.165) is 0 Å². The molecule has 2 amide bonds. The summed E-state index contributed by atoms with van der Waals surface area (Å²) in [6, 6.07) is -2.10. The number of nitrogens with two attached hydrogens (primary N) is 2. The van der Waals surface area contributed by atoms with Crippen molar-refractivity contribution in [2.24, 2.45) is 11.5 Å². The zero-order valence-corrected chi connectivity index (χ0v) is 18.9. The Labute approximate surface area is 202 Å². The maximum absolute atomic E-state index is 10.9. The maximum Gasteiger partial charge on any atom is 0.407 e. The molecule has 0 saturated heterocycles. The van der Waals surface area contributed by atoms with Gasteiger partial charge in [-0.2, -0.15) is 0 Å². The smallest absolute Gasteiger partial charge is 0.407 e. The Hall–Kier alpha value is -2.68. The van der Waals surface area contributed by atoms with Crippen LogP contribution in [0.5, 0.6) is 0 Å². The van der Waals surface area contributed by atoms with Crippen molar-refractivity contribution < 1.29 is 65.4 Å². The molecule has 0 aliphatic heterocycles. The Bertz CT molecular complexity index is 545. The van der Waals surface area contributed by atoms with E-state index in [1.807, 2.05) is 0 Å². The SMILES string of the molecule is C=CCOC(=O)NCCOC[C@H](N)C(=O)O.C=CCOC(=O)NCCOC[C@H](N)C(=O)O.[Cu]. The molecule has 33 heavy (non-hydrogen) atoms. The second-order valence-electron chi connectivity index (χ2n) is 5.67. The summed E-state index contributed by atoms with van der Waals surface area (Å²) in [6.07, 6.45) is 1.74. The molecule has 0 aromatic carbocycles. The largest absolute Gasteiger partial charge is 0.480 e. The van der Waals surface area contributed by atoms with Gasteiger partial charge in [0.1, 0.15) is 25.3 Å². The Morgan fingerprint density at radius 2 is 1.12 bits per heavy atom. The molecule has 0 aliphatic rings. The molecule has 0 bridgehead atoms. The fourth-order valence-corrected chi connectivity index (χ4v) is 1.38. The van der Waals surface area contributed by atoms with Crippen LogP contribution in [0.25, 0.3) is 0 Å². The van der Waals surface area contributed by atoms with Crippen LogP contribution in [0.15, 0.2) is 25.3 Å². The van der Waals surface area contributed by atoms with Crippen LogP contribution in [0.1, 0.15) is 0 Å². The minimum Gasteiger partial charge on any atom is -0.480 e. The summed E-state index contributed by atoms with van der Waals surface area (Å²) in [6.45, 7) is 7.62. The van der Waals surface area contributed by atoms with Crippen LogP contribution in [0.3, 0.4) is 0 Å². The molecule has 0 fully saturated rings. The van der Waals surface area contributed by atoms with Crippen molar-refractivity contribution in [2.75, 3.05) is 52.7 Å². The molecule has 0 heterocycles. The third-order valence-corrected chi connectivity index (χ3v) is 2.93. The first-order valence-electron chi connectivity index (χ1n) is 9.30. The molecule has 0 rings (SSSR count). The van der Waals surface area contributed by atoms with Crippen molar-refractivity contribution in [3.05, 3.63) is 25.3 Å². The van der Waals surface area contributed by atoms with Gasteiger partial charge in [-0.15, -0.1) is 0 Å². The molecule has 0 aromatic rings. The predicted molar refractivity (Wildman–Crippen MR) is 112 cm³/mol. The summed E-state index contributed by atoms with van der Waals surface area (Å²) in [5.41, 5.74) is 10.4. The Kier molecular flexibility index (Phi) is 25.4. The standard InChI is InChI=1S/2C9H16N2O5.Cu/c2*1-2-4-16-9(14)11-3-5-15-6-7(10)8(12)13;/h2*2,7H,1,3-6,10H2,(H,11,14)(H,12,13);/t2*7-;/m00./s1. The Balaban J connectivity index is -0.000000529. The minimum atomic E-state index is -1.13. The van der Waals surface area contributed by atoms with E-state index in [9.17, 15) is 19.2 Å². The third-order valence-electron chi connectivity index (χ3n) is 2.93. The summed E-state index contributed by atoms with van der Waals surface area (Å²) in [4.78, 5) is 42.3. The number of aliphatic carboxylic acids is 2. The number of rotatable bonds is 16. The zero-order valence-electron chi connectivity index (χ0n) is 18.0. The summed E-state index contributed by atoms with van der Waals surface area (Å²) < 4.78 is 19.1. The van der Waals surface area contributed by atoms with Crippen molar-refractivity contribution in [2.45, 2.75) is 12.1 Å². The first-order chi connectivity index (χ1) is 15.1. The monoisotopic (exact) mass is 527 g/mol. The zero-order chi connectivity index (χ0) is 24.8. The molecule has 0 aromatic heterocycles. The second-order valence-corrected chi connectivity index (χ2v) is 5.67. The third kappa shape index (κ3) is 25.5. The summed E-state index contributed by atoms with van der Waals surface area (Å²) in [5.74, 6) is -2.25. The van der Waals surface area contributed by atoms with E-state index in [1.54, 1.807) is 0 Å². The van der Waals surface area contributed by atoms with Gasteiger partial charge in [-0.05, 0) is 0 Å². The van der Waals surface area contributed by atoms with Crippen LogP contribution in [0, 0.1) is 0 Å². The normalized spacial score (nSPS) is 11.2. The molecule has 195 valence electrons. The predicted octanol–water partition coefficient (Wildman–Crippen LogP) is -1.35. The van der Waals surface area contributed by atoms with Gasteiger partial charge in [-0.1, -0.05) is 25.3 Å². The van der Waals surface area contributed by atoms with Gasteiger partial charge in [0.05, 0.1) is 26.4 Å². The summed E-state index contributed by atoms with van der Waals surface area (Å²) in [5, 5.41) is 21.6. The second kappa shape index (κ2) is 24.0. The Morgan fingerprint density at radius 3 is 1.39 bits per heavy atom. The van der Waals surface area contributed by atoms with Crippen LogP contribution in [-0.4, -0.2) is 99.2 Å². The van der Waals surface area contributed by atoms with Gasteiger partial charge < -0.3 is 51.3 Å². The van der Waals surface area contributed by atoms with Crippen molar-refractivity contribution in [1.82, 2.24) is 10.6 Å². The van der Waals surface area contributed by atoms with Gasteiger partial charge in [0, 0.05) is 30.2 Å². The van der Waals surface area contributed by atoms with Gasteiger partial charge >= 0.3 is 24.1 Å². The number of ether oxygens (including phenoxy) is 4. The molecule has 0 spiro atoms. The minimum absolute atomic E-state index is 0. The van der Waals surface area contributed by atoms with Crippen LogP contribution in [-0.2, 0) is 45.6 Å². The van der Waals surface area contributed by atoms with Crippen molar-refractivity contribution >= 4 is 24.1 Å². The quantitative estimate of drug-likeness (QED) is 0.0778. The van der Waals surface area contributed by atoms with Gasteiger partial charge in [0.25, 0.3) is 0 Å². The first kappa shape index (κ1) is 34.9. The number of carbonyl (C=O) groups is 4. The maximum atomic E-state index is 10.9. The first-order valence-corrected chi connectivity index (χ1v) is 9.30. The summed E-state index contributed by atoms with van der Waals surface area (Å²) >= 11 is 0. The molecule has 0 saturated carbocycles. The number of alkyl carbamates (subject to hydrolysis) is 2. The fourth-order valence-electron chi connectivity index (χ4n) is 1.38. The number of hydrogen-bond acceptors (Lipinski definition) is 10. The van der Waals surface area contributed by atoms with Gasteiger partial charge in [0.15, 0.2) is 0 Å².